The number of nitrogens with one attached hydrogen (secondary N) is 1. The fraction of sp³-hybridized carbons (Fsp3) is 0.750. The minimum atomic E-state index is 0.382. The second-order valence-corrected chi connectivity index (χ2v) is 7.05. The summed E-state index contributed by atoms with van der Waals surface area (Å²) in [6.07, 6.45) is 5.87. The summed E-state index contributed by atoms with van der Waals surface area (Å²) in [5.74, 6) is 2.44. The Balaban J connectivity index is 1.37. The zero-order valence-corrected chi connectivity index (χ0v) is 12.4. The van der Waals surface area contributed by atoms with Crippen LogP contribution in [-0.2, 0) is 4.79 Å². The van der Waals surface area contributed by atoms with Crippen molar-refractivity contribution >= 4 is 5.91 Å². The van der Waals surface area contributed by atoms with Gasteiger partial charge in [0.2, 0.25) is 5.91 Å². The molecule has 20 heavy (non-hydrogen) atoms. The number of hydrogen-bond donors (Lipinski definition) is 1. The van der Waals surface area contributed by atoms with E-state index in [9.17, 15) is 4.79 Å². The van der Waals surface area contributed by atoms with Gasteiger partial charge in [-0.15, -0.1) is 0 Å². The maximum Gasteiger partial charge on any atom is 0.226 e. The molecule has 2 saturated carbocycles. The summed E-state index contributed by atoms with van der Waals surface area (Å²) in [5, 5.41) is 0. The molecule has 1 spiro atoms. The minimum Gasteiger partial charge on any atom is -0.346 e. The van der Waals surface area contributed by atoms with Crippen molar-refractivity contribution in [2.75, 3.05) is 13.1 Å². The Labute approximate surface area is 120 Å². The number of rotatable bonds is 2. The Bertz CT molecular complexity index is 531. The highest BCUT2D eigenvalue weighted by molar-refractivity contribution is 5.83. The van der Waals surface area contributed by atoms with Crippen molar-refractivity contribution < 1.29 is 4.79 Å². The highest BCUT2D eigenvalue weighted by Gasteiger charge is 2.66. The summed E-state index contributed by atoms with van der Waals surface area (Å²) in [6.45, 7) is 5.95. The van der Waals surface area contributed by atoms with Crippen LogP contribution in [0.2, 0.25) is 0 Å². The number of likely N-dealkylation sites (tertiary alicyclic amines) is 1. The maximum absolute atomic E-state index is 12.4. The van der Waals surface area contributed by atoms with Gasteiger partial charge in [0.15, 0.2) is 0 Å². The number of H-pyrrole nitrogens is 1. The van der Waals surface area contributed by atoms with Gasteiger partial charge >= 0.3 is 0 Å². The Kier molecular flexibility index (Phi) is 2.54. The molecule has 1 aromatic heterocycles. The summed E-state index contributed by atoms with van der Waals surface area (Å²) in [7, 11) is 0. The van der Waals surface area contributed by atoms with E-state index < -0.39 is 0 Å². The molecule has 1 atom stereocenters. The first kappa shape index (κ1) is 12.4. The van der Waals surface area contributed by atoms with E-state index in [2.05, 4.69) is 28.7 Å². The van der Waals surface area contributed by atoms with Crippen LogP contribution in [0.4, 0.5) is 0 Å². The number of aryl methyl sites for hydroxylation is 2. The topological polar surface area (TPSA) is 49.0 Å². The Morgan fingerprint density at radius 2 is 2.00 bits per heavy atom. The van der Waals surface area contributed by atoms with Crippen molar-refractivity contribution in [3.63, 3.8) is 0 Å². The average Bonchev–Trinajstić information content (AvgIpc) is 3.36. The molecule has 1 amide bonds. The molecular weight excluding hydrogens is 250 g/mol. The molecule has 3 fully saturated rings. The summed E-state index contributed by atoms with van der Waals surface area (Å²) >= 11 is 0. The highest BCUT2D eigenvalue weighted by atomic mass is 16.2. The van der Waals surface area contributed by atoms with Crippen molar-refractivity contribution in [1.82, 2.24) is 14.9 Å². The summed E-state index contributed by atoms with van der Waals surface area (Å²) < 4.78 is 0. The third-order valence-electron chi connectivity index (χ3n) is 5.72. The van der Waals surface area contributed by atoms with Crippen LogP contribution in [0.1, 0.15) is 55.2 Å². The van der Waals surface area contributed by atoms with Gasteiger partial charge in [0.05, 0.1) is 5.69 Å². The lowest BCUT2D eigenvalue weighted by molar-refractivity contribution is -0.134. The summed E-state index contributed by atoms with van der Waals surface area (Å²) in [5.41, 5.74) is 2.77. The van der Waals surface area contributed by atoms with E-state index in [1.807, 2.05) is 0 Å². The van der Waals surface area contributed by atoms with Crippen LogP contribution in [0.15, 0.2) is 0 Å². The zero-order valence-electron chi connectivity index (χ0n) is 12.4. The minimum absolute atomic E-state index is 0.382. The average molecular weight is 273 g/mol. The lowest BCUT2D eigenvalue weighted by atomic mass is 9.96. The number of aromatic amines is 1. The van der Waals surface area contributed by atoms with Crippen LogP contribution in [0, 0.1) is 25.2 Å². The van der Waals surface area contributed by atoms with Gasteiger partial charge in [0.25, 0.3) is 0 Å². The standard InChI is InChI=1S/C16H23N3O/c1-10-11(2)18-14(17-10)12-3-7-19(8-4-12)15(20)13-9-16(13)5-6-16/h12-13H,3-9H2,1-2H3,(H,17,18)/t13-/m1/s1. The fourth-order valence-corrected chi connectivity index (χ4v) is 3.77. The largest absolute Gasteiger partial charge is 0.346 e. The van der Waals surface area contributed by atoms with E-state index >= 15 is 0 Å². The van der Waals surface area contributed by atoms with Crippen LogP contribution < -0.4 is 0 Å². The summed E-state index contributed by atoms with van der Waals surface area (Å²) in [4.78, 5) is 22.6. The molecule has 4 heteroatoms. The second-order valence-electron chi connectivity index (χ2n) is 7.05. The number of carbonyl (C=O) groups excluding carboxylic acids is 1. The molecule has 1 aromatic rings. The number of carbonyl (C=O) groups is 1. The molecular formula is C16H23N3O. The molecule has 0 aromatic carbocycles. The van der Waals surface area contributed by atoms with E-state index in [1.54, 1.807) is 0 Å². The monoisotopic (exact) mass is 273 g/mol. The van der Waals surface area contributed by atoms with Crippen LogP contribution in [0.25, 0.3) is 0 Å². The number of amides is 1. The predicted octanol–water partition coefficient (Wildman–Crippen LogP) is 2.53. The molecule has 0 unspecified atom stereocenters. The smallest absolute Gasteiger partial charge is 0.226 e. The molecule has 2 heterocycles. The lowest BCUT2D eigenvalue weighted by Gasteiger charge is -2.31. The SMILES string of the molecule is Cc1nc(C2CCN(C(=O)[C@H]3CC34CC4)CC2)[nH]c1C. The number of aromatic nitrogens is 2. The quantitative estimate of drug-likeness (QED) is 0.900. The fourth-order valence-electron chi connectivity index (χ4n) is 3.77. The Morgan fingerprint density at radius 3 is 2.50 bits per heavy atom. The molecule has 3 aliphatic rings. The van der Waals surface area contributed by atoms with Crippen molar-refractivity contribution in [2.45, 2.75) is 51.9 Å². The molecule has 108 valence electrons. The third kappa shape index (κ3) is 1.88. The Morgan fingerprint density at radius 1 is 1.30 bits per heavy atom. The van der Waals surface area contributed by atoms with Gasteiger partial charge in [0.1, 0.15) is 5.82 Å². The van der Waals surface area contributed by atoms with Crippen molar-refractivity contribution in [1.29, 1.82) is 0 Å². The van der Waals surface area contributed by atoms with Gasteiger partial charge in [-0.2, -0.15) is 0 Å². The molecule has 1 saturated heterocycles. The first-order valence-corrected chi connectivity index (χ1v) is 7.91. The normalized spacial score (nSPS) is 27.9. The van der Waals surface area contributed by atoms with Gasteiger partial charge in [0, 0.05) is 30.6 Å². The first-order valence-electron chi connectivity index (χ1n) is 7.91. The van der Waals surface area contributed by atoms with Crippen molar-refractivity contribution in [3.05, 3.63) is 17.2 Å². The first-order chi connectivity index (χ1) is 9.59. The molecule has 4 nitrogen and oxygen atoms in total. The number of nitrogens with zero attached hydrogens (tertiary/aromatic N) is 2. The predicted molar refractivity (Wildman–Crippen MR) is 76.4 cm³/mol. The lowest BCUT2D eigenvalue weighted by Crippen LogP contribution is -2.39. The molecule has 0 bridgehead atoms. The number of hydrogen-bond acceptors (Lipinski definition) is 2. The van der Waals surface area contributed by atoms with Gasteiger partial charge in [-0.05, 0) is 51.4 Å². The Hall–Kier alpha value is -1.32. The number of piperidine rings is 1. The molecule has 0 radical (unpaired) electrons. The van der Waals surface area contributed by atoms with Gasteiger partial charge in [-0.3, -0.25) is 4.79 Å². The zero-order chi connectivity index (χ0) is 13.9. The molecule has 1 aliphatic heterocycles. The van der Waals surface area contributed by atoms with Crippen molar-refractivity contribution in [3.8, 4) is 0 Å². The third-order valence-corrected chi connectivity index (χ3v) is 5.72. The van der Waals surface area contributed by atoms with Crippen LogP contribution in [0.3, 0.4) is 0 Å². The van der Waals surface area contributed by atoms with Gasteiger partial charge in [-0.1, -0.05) is 0 Å². The van der Waals surface area contributed by atoms with Crippen LogP contribution in [-0.4, -0.2) is 33.9 Å². The van der Waals surface area contributed by atoms with Gasteiger partial charge < -0.3 is 9.88 Å². The van der Waals surface area contributed by atoms with E-state index in [4.69, 9.17) is 0 Å². The van der Waals surface area contributed by atoms with Gasteiger partial charge in [-0.25, -0.2) is 4.98 Å². The van der Waals surface area contributed by atoms with E-state index in [-0.39, 0.29) is 0 Å². The van der Waals surface area contributed by atoms with Crippen molar-refractivity contribution in [2.24, 2.45) is 11.3 Å². The molecule has 4 rings (SSSR count). The highest BCUT2D eigenvalue weighted by Crippen LogP contribution is 2.71. The maximum atomic E-state index is 12.4. The van der Waals surface area contributed by atoms with Crippen LogP contribution in [0.5, 0.6) is 0 Å². The van der Waals surface area contributed by atoms with E-state index in [0.29, 0.717) is 23.2 Å². The van der Waals surface area contributed by atoms with E-state index in [0.717, 1.165) is 37.4 Å². The second kappa shape index (κ2) is 4.09. The van der Waals surface area contributed by atoms with E-state index in [1.165, 1.54) is 25.0 Å². The molecule has 2 aliphatic carbocycles. The number of imidazole rings is 1. The summed E-state index contributed by atoms with van der Waals surface area (Å²) in [6, 6.07) is 0. The van der Waals surface area contributed by atoms with Crippen LogP contribution >= 0.6 is 0 Å². The molecule has 1 N–H and O–H groups in total.